The molecule has 1 aromatic carbocycles. The first-order valence-corrected chi connectivity index (χ1v) is 5.29. The van der Waals surface area contributed by atoms with Crippen LogP contribution in [0.25, 0.3) is 0 Å². The summed E-state index contributed by atoms with van der Waals surface area (Å²) in [5.41, 5.74) is 9.48. The summed E-state index contributed by atoms with van der Waals surface area (Å²) in [7, 11) is 0. The second-order valence-corrected chi connectivity index (χ2v) is 4.31. The topological polar surface area (TPSA) is 38.0 Å². The van der Waals surface area contributed by atoms with Gasteiger partial charge in [0, 0.05) is 16.2 Å². The molecule has 0 aromatic heterocycles. The number of halogens is 1. The van der Waals surface area contributed by atoms with E-state index in [9.17, 15) is 0 Å². The number of hydrogen-bond acceptors (Lipinski definition) is 2. The molecule has 2 nitrogen and oxygen atoms in total. The molecular weight excluding hydrogens is 228 g/mol. The largest absolute Gasteiger partial charge is 0.398 e. The van der Waals surface area contributed by atoms with E-state index in [0.717, 1.165) is 23.1 Å². The maximum Gasteiger partial charge on any atom is 0.0351 e. The zero-order chi connectivity index (χ0) is 9.42. The molecule has 1 aliphatic rings. The fourth-order valence-corrected chi connectivity index (χ4v) is 2.63. The van der Waals surface area contributed by atoms with E-state index in [1.54, 1.807) is 0 Å². The summed E-state index contributed by atoms with van der Waals surface area (Å²) in [5.74, 6) is 0. The Balaban J connectivity index is 2.60. The van der Waals surface area contributed by atoms with Crippen LogP contribution in [0.3, 0.4) is 0 Å². The van der Waals surface area contributed by atoms with Crippen molar-refractivity contribution < 1.29 is 0 Å². The van der Waals surface area contributed by atoms with Crippen LogP contribution in [0.5, 0.6) is 0 Å². The predicted molar refractivity (Wildman–Crippen MR) is 58.7 cm³/mol. The SMILES string of the molecule is CC1NCCc2c(N)ccc(Br)c21. The standard InChI is InChI=1S/C10H13BrN2/c1-6-10-7(4-5-13-6)9(12)3-2-8(10)11/h2-3,6,13H,4-5,12H2,1H3. The Morgan fingerprint density at radius 1 is 1.54 bits per heavy atom. The Kier molecular flexibility index (Phi) is 2.30. The van der Waals surface area contributed by atoms with Gasteiger partial charge in [-0.3, -0.25) is 0 Å². The molecule has 3 heteroatoms. The van der Waals surface area contributed by atoms with Crippen molar-refractivity contribution in [3.8, 4) is 0 Å². The molecule has 1 aromatic rings. The lowest BCUT2D eigenvalue weighted by Gasteiger charge is -2.26. The second-order valence-electron chi connectivity index (χ2n) is 3.45. The van der Waals surface area contributed by atoms with Gasteiger partial charge in [-0.15, -0.1) is 0 Å². The third-order valence-electron chi connectivity index (χ3n) is 2.60. The van der Waals surface area contributed by atoms with E-state index in [1.165, 1.54) is 11.1 Å². The van der Waals surface area contributed by atoms with Crippen LogP contribution in [0.2, 0.25) is 0 Å². The summed E-state index contributed by atoms with van der Waals surface area (Å²) in [4.78, 5) is 0. The minimum atomic E-state index is 0.404. The molecule has 3 N–H and O–H groups in total. The lowest BCUT2D eigenvalue weighted by atomic mass is 9.94. The highest BCUT2D eigenvalue weighted by molar-refractivity contribution is 9.10. The van der Waals surface area contributed by atoms with E-state index in [4.69, 9.17) is 5.73 Å². The number of rotatable bonds is 0. The smallest absolute Gasteiger partial charge is 0.0351 e. The fourth-order valence-electron chi connectivity index (χ4n) is 1.92. The van der Waals surface area contributed by atoms with Crippen molar-refractivity contribution in [3.63, 3.8) is 0 Å². The van der Waals surface area contributed by atoms with Gasteiger partial charge < -0.3 is 11.1 Å². The van der Waals surface area contributed by atoms with Crippen molar-refractivity contribution in [2.45, 2.75) is 19.4 Å². The Bertz CT molecular complexity index is 336. The van der Waals surface area contributed by atoms with Crippen molar-refractivity contribution in [3.05, 3.63) is 27.7 Å². The zero-order valence-corrected chi connectivity index (χ0v) is 9.19. The van der Waals surface area contributed by atoms with E-state index in [2.05, 4.69) is 28.2 Å². The van der Waals surface area contributed by atoms with Gasteiger partial charge in [0.25, 0.3) is 0 Å². The molecule has 0 aliphatic carbocycles. The molecule has 0 radical (unpaired) electrons. The van der Waals surface area contributed by atoms with Gasteiger partial charge in [-0.25, -0.2) is 0 Å². The van der Waals surface area contributed by atoms with Crippen LogP contribution in [0.4, 0.5) is 5.69 Å². The number of hydrogen-bond donors (Lipinski definition) is 2. The minimum Gasteiger partial charge on any atom is -0.398 e. The first-order chi connectivity index (χ1) is 6.20. The summed E-state index contributed by atoms with van der Waals surface area (Å²) in [5, 5.41) is 3.42. The van der Waals surface area contributed by atoms with Crippen LogP contribution in [0.1, 0.15) is 24.1 Å². The van der Waals surface area contributed by atoms with Crippen molar-refractivity contribution in [2.24, 2.45) is 0 Å². The number of nitrogen functional groups attached to an aromatic ring is 1. The summed E-state index contributed by atoms with van der Waals surface area (Å²) >= 11 is 3.56. The number of fused-ring (bicyclic) bond motifs is 1. The molecule has 1 atom stereocenters. The molecule has 1 unspecified atom stereocenters. The average molecular weight is 241 g/mol. The van der Waals surface area contributed by atoms with E-state index in [1.807, 2.05) is 12.1 Å². The first kappa shape index (κ1) is 9.03. The number of nitrogens with two attached hydrogens (primary N) is 1. The number of anilines is 1. The summed E-state index contributed by atoms with van der Waals surface area (Å²) in [6.45, 7) is 3.19. The van der Waals surface area contributed by atoms with Crippen molar-refractivity contribution in [1.29, 1.82) is 0 Å². The van der Waals surface area contributed by atoms with E-state index in [-0.39, 0.29) is 0 Å². The normalized spacial score (nSPS) is 21.2. The van der Waals surface area contributed by atoms with E-state index >= 15 is 0 Å². The van der Waals surface area contributed by atoms with Crippen molar-refractivity contribution in [2.75, 3.05) is 12.3 Å². The Labute approximate surface area is 86.6 Å². The van der Waals surface area contributed by atoms with Gasteiger partial charge in [0.05, 0.1) is 0 Å². The highest BCUT2D eigenvalue weighted by atomic mass is 79.9. The predicted octanol–water partition coefficient (Wildman–Crippen LogP) is 2.24. The van der Waals surface area contributed by atoms with Crippen molar-refractivity contribution in [1.82, 2.24) is 5.32 Å². The second kappa shape index (κ2) is 3.31. The molecule has 0 fully saturated rings. The summed E-state index contributed by atoms with van der Waals surface area (Å²) in [6, 6.07) is 4.40. The van der Waals surface area contributed by atoms with Crippen LogP contribution in [0, 0.1) is 0 Å². The van der Waals surface area contributed by atoms with Gasteiger partial charge in [-0.05, 0) is 43.1 Å². The van der Waals surface area contributed by atoms with Gasteiger partial charge in [-0.2, -0.15) is 0 Å². The Morgan fingerprint density at radius 2 is 2.31 bits per heavy atom. The molecule has 0 amide bonds. The van der Waals surface area contributed by atoms with E-state index in [0.29, 0.717) is 6.04 Å². The van der Waals surface area contributed by atoms with Gasteiger partial charge in [-0.1, -0.05) is 15.9 Å². The molecule has 1 heterocycles. The molecule has 13 heavy (non-hydrogen) atoms. The maximum absolute atomic E-state index is 5.92. The number of nitrogens with one attached hydrogen (secondary N) is 1. The van der Waals surface area contributed by atoms with Crippen LogP contribution in [-0.4, -0.2) is 6.54 Å². The maximum atomic E-state index is 5.92. The lowest BCUT2D eigenvalue weighted by molar-refractivity contribution is 0.540. The highest BCUT2D eigenvalue weighted by Gasteiger charge is 2.19. The number of benzene rings is 1. The Hall–Kier alpha value is -0.540. The van der Waals surface area contributed by atoms with Crippen molar-refractivity contribution >= 4 is 21.6 Å². The third-order valence-corrected chi connectivity index (χ3v) is 3.29. The molecular formula is C10H13BrN2. The Morgan fingerprint density at radius 3 is 3.00 bits per heavy atom. The molecule has 0 saturated heterocycles. The first-order valence-electron chi connectivity index (χ1n) is 4.50. The molecule has 1 aliphatic heterocycles. The zero-order valence-electron chi connectivity index (χ0n) is 7.60. The summed E-state index contributed by atoms with van der Waals surface area (Å²) < 4.78 is 1.16. The molecule has 2 rings (SSSR count). The lowest BCUT2D eigenvalue weighted by Crippen LogP contribution is -2.28. The van der Waals surface area contributed by atoms with Crippen LogP contribution in [0.15, 0.2) is 16.6 Å². The quantitative estimate of drug-likeness (QED) is 0.683. The monoisotopic (exact) mass is 240 g/mol. The van der Waals surface area contributed by atoms with Crippen LogP contribution < -0.4 is 11.1 Å². The fraction of sp³-hybridized carbons (Fsp3) is 0.400. The van der Waals surface area contributed by atoms with Gasteiger partial charge >= 0.3 is 0 Å². The average Bonchev–Trinajstić information content (AvgIpc) is 2.12. The van der Waals surface area contributed by atoms with Gasteiger partial charge in [0.1, 0.15) is 0 Å². The van der Waals surface area contributed by atoms with Gasteiger partial charge in [0.2, 0.25) is 0 Å². The summed E-state index contributed by atoms with van der Waals surface area (Å²) in [6.07, 6.45) is 1.03. The molecule has 0 bridgehead atoms. The molecule has 0 spiro atoms. The minimum absolute atomic E-state index is 0.404. The van der Waals surface area contributed by atoms with Crippen LogP contribution >= 0.6 is 15.9 Å². The van der Waals surface area contributed by atoms with Crippen LogP contribution in [-0.2, 0) is 6.42 Å². The van der Waals surface area contributed by atoms with E-state index < -0.39 is 0 Å². The molecule has 0 saturated carbocycles. The van der Waals surface area contributed by atoms with Gasteiger partial charge in [0.15, 0.2) is 0 Å². The third kappa shape index (κ3) is 1.46. The molecule has 70 valence electrons. The highest BCUT2D eigenvalue weighted by Crippen LogP contribution is 2.33.